The zero-order chi connectivity index (χ0) is 17.3. The zero-order valence-electron chi connectivity index (χ0n) is 13.6. The Kier molecular flexibility index (Phi) is 4.25. The number of hydrogen-bond acceptors (Lipinski definition) is 3. The molecule has 0 saturated heterocycles. The predicted molar refractivity (Wildman–Crippen MR) is 89.1 cm³/mol. The third kappa shape index (κ3) is 2.62. The minimum Gasteiger partial charge on any atom is -0.496 e. The fraction of sp³-hybridized carbons (Fsp3) is 0.263. The quantitative estimate of drug-likeness (QED) is 0.938. The molecule has 1 N–H and O–H groups in total. The van der Waals surface area contributed by atoms with Gasteiger partial charge >= 0.3 is 5.97 Å². The summed E-state index contributed by atoms with van der Waals surface area (Å²) >= 11 is 0. The molecule has 1 aliphatic rings. The molecule has 2 unspecified atom stereocenters. The van der Waals surface area contributed by atoms with Gasteiger partial charge in [0.25, 0.3) is 5.91 Å². The summed E-state index contributed by atoms with van der Waals surface area (Å²) in [6, 6.07) is 13.9. The first-order valence-electron chi connectivity index (χ1n) is 7.79. The molecule has 0 aliphatic carbocycles. The summed E-state index contributed by atoms with van der Waals surface area (Å²) in [5.74, 6) is -1.13. The number of para-hydroxylation sites is 1. The number of nitrogens with zero attached hydrogens (tertiary/aromatic N) is 1. The summed E-state index contributed by atoms with van der Waals surface area (Å²) in [5.41, 5.74) is 1.89. The van der Waals surface area contributed by atoms with Crippen molar-refractivity contribution in [1.82, 2.24) is 4.90 Å². The Labute approximate surface area is 140 Å². The largest absolute Gasteiger partial charge is 0.496 e. The van der Waals surface area contributed by atoms with E-state index in [1.807, 2.05) is 24.3 Å². The van der Waals surface area contributed by atoms with E-state index in [4.69, 9.17) is 4.74 Å². The molecule has 24 heavy (non-hydrogen) atoms. The van der Waals surface area contributed by atoms with Crippen LogP contribution in [0.25, 0.3) is 0 Å². The van der Waals surface area contributed by atoms with Crippen molar-refractivity contribution in [1.29, 1.82) is 0 Å². The SMILES string of the molecule is COc1ccccc1CN1C(=O)c2ccccc2C(C(=O)O)C1C. The van der Waals surface area contributed by atoms with Crippen LogP contribution in [0.5, 0.6) is 5.75 Å². The summed E-state index contributed by atoms with van der Waals surface area (Å²) in [4.78, 5) is 26.3. The van der Waals surface area contributed by atoms with E-state index in [2.05, 4.69) is 0 Å². The predicted octanol–water partition coefficient (Wildman–Crippen LogP) is 2.91. The zero-order valence-corrected chi connectivity index (χ0v) is 13.6. The Bertz CT molecular complexity index is 786. The number of methoxy groups -OCH3 is 1. The highest BCUT2D eigenvalue weighted by atomic mass is 16.5. The number of carbonyl (C=O) groups excluding carboxylic acids is 1. The molecule has 1 amide bonds. The minimum absolute atomic E-state index is 0.151. The standard InChI is InChI=1S/C19H19NO4/c1-12-17(19(22)23)14-8-4-5-9-15(14)18(21)20(12)11-13-7-3-6-10-16(13)24-2/h3-10,12,17H,11H2,1-2H3,(H,22,23). The topological polar surface area (TPSA) is 66.8 Å². The van der Waals surface area contributed by atoms with Crippen molar-refractivity contribution < 1.29 is 19.4 Å². The van der Waals surface area contributed by atoms with Crippen LogP contribution in [-0.4, -0.2) is 35.0 Å². The Balaban J connectivity index is 2.03. The van der Waals surface area contributed by atoms with Gasteiger partial charge in [-0.25, -0.2) is 0 Å². The third-order valence-electron chi connectivity index (χ3n) is 4.56. The van der Waals surface area contributed by atoms with Gasteiger partial charge in [-0.15, -0.1) is 0 Å². The van der Waals surface area contributed by atoms with Crippen molar-refractivity contribution in [2.24, 2.45) is 0 Å². The molecule has 0 radical (unpaired) electrons. The van der Waals surface area contributed by atoms with Gasteiger partial charge in [0.05, 0.1) is 7.11 Å². The first kappa shape index (κ1) is 16.1. The molecule has 2 aromatic carbocycles. The van der Waals surface area contributed by atoms with Crippen molar-refractivity contribution in [3.8, 4) is 5.75 Å². The highest BCUT2D eigenvalue weighted by molar-refractivity contribution is 6.00. The van der Waals surface area contributed by atoms with Crippen LogP contribution in [0.2, 0.25) is 0 Å². The average molecular weight is 325 g/mol. The molecule has 5 nitrogen and oxygen atoms in total. The lowest BCUT2D eigenvalue weighted by Crippen LogP contribution is -2.48. The lowest BCUT2D eigenvalue weighted by atomic mass is 9.83. The van der Waals surface area contributed by atoms with Crippen LogP contribution < -0.4 is 4.74 Å². The molecule has 1 aliphatic heterocycles. The molecule has 1 heterocycles. The van der Waals surface area contributed by atoms with E-state index in [1.165, 1.54) is 0 Å². The van der Waals surface area contributed by atoms with Crippen molar-refractivity contribution in [2.45, 2.75) is 25.4 Å². The molecular weight excluding hydrogens is 306 g/mol. The number of fused-ring (bicyclic) bond motifs is 1. The molecule has 3 rings (SSSR count). The Hall–Kier alpha value is -2.82. The number of aliphatic carboxylic acids is 1. The Morgan fingerprint density at radius 2 is 1.83 bits per heavy atom. The minimum atomic E-state index is -0.924. The average Bonchev–Trinajstić information content (AvgIpc) is 2.59. The maximum atomic E-state index is 12.9. The fourth-order valence-electron chi connectivity index (χ4n) is 3.31. The molecule has 0 bridgehead atoms. The molecule has 2 atom stereocenters. The molecule has 0 aromatic heterocycles. The number of amides is 1. The summed E-state index contributed by atoms with van der Waals surface area (Å²) in [6.07, 6.45) is 0. The maximum Gasteiger partial charge on any atom is 0.313 e. The number of rotatable bonds is 4. The fourth-order valence-corrected chi connectivity index (χ4v) is 3.31. The van der Waals surface area contributed by atoms with E-state index < -0.39 is 17.9 Å². The van der Waals surface area contributed by atoms with Crippen LogP contribution in [0.4, 0.5) is 0 Å². The van der Waals surface area contributed by atoms with E-state index in [9.17, 15) is 14.7 Å². The van der Waals surface area contributed by atoms with Crippen molar-refractivity contribution >= 4 is 11.9 Å². The van der Waals surface area contributed by atoms with Gasteiger partial charge in [-0.1, -0.05) is 36.4 Å². The number of carbonyl (C=O) groups is 2. The lowest BCUT2D eigenvalue weighted by Gasteiger charge is -2.38. The smallest absolute Gasteiger partial charge is 0.313 e. The van der Waals surface area contributed by atoms with Gasteiger partial charge in [-0.2, -0.15) is 0 Å². The molecular formula is C19H19NO4. The van der Waals surface area contributed by atoms with E-state index in [-0.39, 0.29) is 5.91 Å². The van der Waals surface area contributed by atoms with Gasteiger partial charge in [0, 0.05) is 23.7 Å². The van der Waals surface area contributed by atoms with Gasteiger partial charge in [0.1, 0.15) is 11.7 Å². The van der Waals surface area contributed by atoms with E-state index in [0.717, 1.165) is 5.56 Å². The van der Waals surface area contributed by atoms with Crippen molar-refractivity contribution in [3.05, 3.63) is 65.2 Å². The van der Waals surface area contributed by atoms with Crippen molar-refractivity contribution in [3.63, 3.8) is 0 Å². The molecule has 5 heteroatoms. The van der Waals surface area contributed by atoms with Gasteiger partial charge < -0.3 is 14.7 Å². The van der Waals surface area contributed by atoms with Crippen LogP contribution in [0, 0.1) is 0 Å². The van der Waals surface area contributed by atoms with E-state index in [0.29, 0.717) is 23.4 Å². The first-order valence-corrected chi connectivity index (χ1v) is 7.79. The number of benzene rings is 2. The molecule has 124 valence electrons. The highest BCUT2D eigenvalue weighted by Gasteiger charge is 2.41. The van der Waals surface area contributed by atoms with Gasteiger partial charge in [-0.3, -0.25) is 9.59 Å². The van der Waals surface area contributed by atoms with Crippen LogP contribution in [0.1, 0.15) is 34.3 Å². The summed E-state index contributed by atoms with van der Waals surface area (Å²) in [7, 11) is 1.58. The maximum absolute atomic E-state index is 12.9. The summed E-state index contributed by atoms with van der Waals surface area (Å²) < 4.78 is 5.35. The van der Waals surface area contributed by atoms with Gasteiger partial charge in [-0.05, 0) is 24.6 Å². The lowest BCUT2D eigenvalue weighted by molar-refractivity contribution is -0.140. The molecule has 2 aromatic rings. The third-order valence-corrected chi connectivity index (χ3v) is 4.56. The molecule has 0 fully saturated rings. The van der Waals surface area contributed by atoms with Crippen molar-refractivity contribution in [2.75, 3.05) is 7.11 Å². The molecule has 0 saturated carbocycles. The normalized spacial score (nSPS) is 19.8. The second-order valence-electron chi connectivity index (χ2n) is 5.89. The number of carboxylic acids is 1. The summed E-state index contributed by atoms with van der Waals surface area (Å²) in [6.45, 7) is 2.09. The van der Waals surface area contributed by atoms with Crippen LogP contribution in [0.15, 0.2) is 48.5 Å². The Morgan fingerprint density at radius 3 is 2.54 bits per heavy atom. The number of ether oxygens (including phenoxy) is 1. The Morgan fingerprint density at radius 1 is 1.17 bits per heavy atom. The molecule has 0 spiro atoms. The van der Waals surface area contributed by atoms with Crippen LogP contribution in [0.3, 0.4) is 0 Å². The number of hydrogen-bond donors (Lipinski definition) is 1. The van der Waals surface area contributed by atoms with E-state index in [1.54, 1.807) is 43.2 Å². The first-order chi connectivity index (χ1) is 11.5. The summed E-state index contributed by atoms with van der Waals surface area (Å²) in [5, 5.41) is 9.66. The second-order valence-corrected chi connectivity index (χ2v) is 5.89. The van der Waals surface area contributed by atoms with Crippen LogP contribution in [-0.2, 0) is 11.3 Å². The van der Waals surface area contributed by atoms with E-state index >= 15 is 0 Å². The second kappa shape index (κ2) is 6.35. The number of carboxylic acid groups (broad SMARTS) is 1. The van der Waals surface area contributed by atoms with Gasteiger partial charge in [0.2, 0.25) is 0 Å². The van der Waals surface area contributed by atoms with Gasteiger partial charge in [0.15, 0.2) is 0 Å². The van der Waals surface area contributed by atoms with Crippen LogP contribution >= 0.6 is 0 Å². The monoisotopic (exact) mass is 325 g/mol. The highest BCUT2D eigenvalue weighted by Crippen LogP contribution is 2.35.